The fourth-order valence-corrected chi connectivity index (χ4v) is 2.97. The third kappa shape index (κ3) is 4.55. The minimum atomic E-state index is -0.152. The topological polar surface area (TPSA) is 63.2 Å². The lowest BCUT2D eigenvalue weighted by Gasteiger charge is -2.12. The second-order valence-corrected chi connectivity index (χ2v) is 6.73. The number of nitrogens with one attached hydrogen (secondary N) is 2. The normalized spacial score (nSPS) is 16.8. The Morgan fingerprint density at radius 1 is 1.33 bits per heavy atom. The van der Waals surface area contributed by atoms with Gasteiger partial charge >= 0.3 is 0 Å². The average Bonchev–Trinajstić information content (AvgIpc) is 3.11. The van der Waals surface area contributed by atoms with Crippen LogP contribution >= 0.6 is 15.9 Å². The van der Waals surface area contributed by atoms with Crippen molar-refractivity contribution in [3.8, 4) is 11.6 Å². The van der Waals surface area contributed by atoms with Crippen molar-refractivity contribution in [2.45, 2.75) is 12.8 Å². The van der Waals surface area contributed by atoms with E-state index in [-0.39, 0.29) is 5.91 Å². The van der Waals surface area contributed by atoms with Crippen LogP contribution in [0.1, 0.15) is 23.2 Å². The monoisotopic (exact) mass is 389 g/mol. The number of rotatable bonds is 6. The first kappa shape index (κ1) is 16.9. The van der Waals surface area contributed by atoms with E-state index in [1.807, 2.05) is 24.3 Å². The summed E-state index contributed by atoms with van der Waals surface area (Å²) in [5, 5.41) is 6.30. The number of halogens is 1. The molecule has 1 aromatic heterocycles. The highest BCUT2D eigenvalue weighted by molar-refractivity contribution is 9.10. The predicted octanol–water partition coefficient (Wildman–Crippen LogP) is 3.37. The van der Waals surface area contributed by atoms with Crippen molar-refractivity contribution < 1.29 is 9.53 Å². The summed E-state index contributed by atoms with van der Waals surface area (Å²) in [6, 6.07) is 10.9. The number of pyridine rings is 1. The van der Waals surface area contributed by atoms with Gasteiger partial charge in [0, 0.05) is 17.2 Å². The molecule has 1 aliphatic heterocycles. The summed E-state index contributed by atoms with van der Waals surface area (Å²) in [5.41, 5.74) is 0.449. The number of carbonyl (C=O) groups excluding carboxylic acids is 1. The molecule has 0 spiro atoms. The van der Waals surface area contributed by atoms with Gasteiger partial charge in [0.05, 0.1) is 0 Å². The number of ether oxygens (including phenoxy) is 1. The molecule has 24 heavy (non-hydrogen) atoms. The van der Waals surface area contributed by atoms with Gasteiger partial charge in [-0.1, -0.05) is 15.9 Å². The second kappa shape index (κ2) is 8.26. The van der Waals surface area contributed by atoms with Crippen LogP contribution in [0.3, 0.4) is 0 Å². The van der Waals surface area contributed by atoms with E-state index in [1.165, 1.54) is 6.42 Å². The van der Waals surface area contributed by atoms with Gasteiger partial charge in [-0.25, -0.2) is 4.98 Å². The van der Waals surface area contributed by atoms with Crippen molar-refractivity contribution >= 4 is 21.8 Å². The number of hydrogen-bond donors (Lipinski definition) is 2. The van der Waals surface area contributed by atoms with Crippen LogP contribution < -0.4 is 15.4 Å². The first-order valence-electron chi connectivity index (χ1n) is 8.10. The number of benzene rings is 1. The molecule has 1 fully saturated rings. The zero-order chi connectivity index (χ0) is 16.8. The lowest BCUT2D eigenvalue weighted by Crippen LogP contribution is -2.27. The number of hydrogen-bond acceptors (Lipinski definition) is 4. The predicted molar refractivity (Wildman–Crippen MR) is 96.4 cm³/mol. The van der Waals surface area contributed by atoms with E-state index in [4.69, 9.17) is 4.74 Å². The fraction of sp³-hybridized carbons (Fsp3) is 0.333. The highest BCUT2D eigenvalue weighted by Gasteiger charge is 2.17. The Hall–Kier alpha value is -1.92. The lowest BCUT2D eigenvalue weighted by atomic mass is 10.1. The van der Waals surface area contributed by atoms with Crippen molar-refractivity contribution in [1.29, 1.82) is 0 Å². The van der Waals surface area contributed by atoms with Crippen LogP contribution in [0.5, 0.6) is 11.6 Å². The van der Waals surface area contributed by atoms with Crippen LogP contribution in [0, 0.1) is 5.92 Å². The Balaban J connectivity index is 1.62. The van der Waals surface area contributed by atoms with E-state index >= 15 is 0 Å². The van der Waals surface area contributed by atoms with Gasteiger partial charge in [-0.05, 0) is 68.2 Å². The van der Waals surface area contributed by atoms with Gasteiger partial charge in [-0.3, -0.25) is 4.79 Å². The Kier molecular flexibility index (Phi) is 5.82. The molecule has 0 saturated carbocycles. The number of aromatic nitrogens is 1. The molecule has 1 aliphatic rings. The third-order valence-electron chi connectivity index (χ3n) is 4.04. The van der Waals surface area contributed by atoms with E-state index in [9.17, 15) is 4.79 Å². The first-order chi connectivity index (χ1) is 11.7. The van der Waals surface area contributed by atoms with Crippen LogP contribution in [-0.4, -0.2) is 30.5 Å². The molecule has 1 aromatic carbocycles. The molecule has 0 aliphatic carbocycles. The molecule has 2 heterocycles. The maximum Gasteiger partial charge on any atom is 0.256 e. The third-order valence-corrected chi connectivity index (χ3v) is 4.57. The van der Waals surface area contributed by atoms with E-state index in [0.717, 1.165) is 24.0 Å². The van der Waals surface area contributed by atoms with Gasteiger partial charge in [0.2, 0.25) is 5.88 Å². The summed E-state index contributed by atoms with van der Waals surface area (Å²) < 4.78 is 6.73. The first-order valence-corrected chi connectivity index (χ1v) is 8.89. The van der Waals surface area contributed by atoms with Crippen molar-refractivity contribution in [2.24, 2.45) is 5.92 Å². The SMILES string of the molecule is O=C(NCCC1CCNC1)c1cccnc1Oc1ccc(Br)cc1. The molecule has 126 valence electrons. The summed E-state index contributed by atoms with van der Waals surface area (Å²) >= 11 is 3.39. The van der Waals surface area contributed by atoms with Crippen molar-refractivity contribution in [2.75, 3.05) is 19.6 Å². The summed E-state index contributed by atoms with van der Waals surface area (Å²) in [7, 11) is 0. The molecule has 0 radical (unpaired) electrons. The maximum absolute atomic E-state index is 12.4. The van der Waals surface area contributed by atoms with Gasteiger partial charge < -0.3 is 15.4 Å². The van der Waals surface area contributed by atoms with Gasteiger partial charge in [0.1, 0.15) is 11.3 Å². The quantitative estimate of drug-likeness (QED) is 0.794. The fourth-order valence-electron chi connectivity index (χ4n) is 2.71. The standard InChI is InChI=1S/C18H20BrN3O2/c19-14-3-5-15(6-4-14)24-18-16(2-1-9-22-18)17(23)21-11-8-13-7-10-20-12-13/h1-6,9,13,20H,7-8,10-12H2,(H,21,23). The second-order valence-electron chi connectivity index (χ2n) is 5.82. The molecule has 6 heteroatoms. The number of carbonyl (C=O) groups is 1. The number of nitrogens with zero attached hydrogens (tertiary/aromatic N) is 1. The molecule has 2 N–H and O–H groups in total. The molecule has 0 bridgehead atoms. The minimum absolute atomic E-state index is 0.152. The molecule has 5 nitrogen and oxygen atoms in total. The van der Waals surface area contributed by atoms with Gasteiger partial charge in [0.25, 0.3) is 5.91 Å². The number of amides is 1. The maximum atomic E-state index is 12.4. The Morgan fingerprint density at radius 2 is 2.17 bits per heavy atom. The minimum Gasteiger partial charge on any atom is -0.438 e. The molecule has 1 unspecified atom stereocenters. The highest BCUT2D eigenvalue weighted by Crippen LogP contribution is 2.24. The molecule has 1 saturated heterocycles. The zero-order valence-corrected chi connectivity index (χ0v) is 14.9. The van der Waals surface area contributed by atoms with E-state index in [0.29, 0.717) is 29.7 Å². The summed E-state index contributed by atoms with van der Waals surface area (Å²) in [6.07, 6.45) is 3.79. The smallest absolute Gasteiger partial charge is 0.256 e. The van der Waals surface area contributed by atoms with Gasteiger partial charge in [-0.2, -0.15) is 0 Å². The molecular formula is C18H20BrN3O2. The van der Waals surface area contributed by atoms with Gasteiger partial charge in [0.15, 0.2) is 0 Å². The van der Waals surface area contributed by atoms with Gasteiger partial charge in [-0.15, -0.1) is 0 Å². The molecule has 2 aromatic rings. The molecule has 1 amide bonds. The van der Waals surface area contributed by atoms with Crippen LogP contribution in [0.15, 0.2) is 47.1 Å². The Labute approximate surface area is 149 Å². The van der Waals surface area contributed by atoms with E-state index in [1.54, 1.807) is 18.3 Å². The highest BCUT2D eigenvalue weighted by atomic mass is 79.9. The molecular weight excluding hydrogens is 370 g/mol. The van der Waals surface area contributed by atoms with Crippen molar-refractivity contribution in [3.63, 3.8) is 0 Å². The van der Waals surface area contributed by atoms with Crippen molar-refractivity contribution in [3.05, 3.63) is 52.6 Å². The zero-order valence-electron chi connectivity index (χ0n) is 13.3. The lowest BCUT2D eigenvalue weighted by molar-refractivity contribution is 0.0948. The summed E-state index contributed by atoms with van der Waals surface area (Å²) in [6.45, 7) is 2.78. The Bertz CT molecular complexity index is 685. The van der Waals surface area contributed by atoms with Crippen LogP contribution in [0.4, 0.5) is 0 Å². The molecule has 1 atom stereocenters. The van der Waals surface area contributed by atoms with E-state index < -0.39 is 0 Å². The van der Waals surface area contributed by atoms with Crippen LogP contribution in [0.2, 0.25) is 0 Å². The van der Waals surface area contributed by atoms with Crippen LogP contribution in [-0.2, 0) is 0 Å². The average molecular weight is 390 g/mol. The molecule has 3 rings (SSSR count). The Morgan fingerprint density at radius 3 is 2.92 bits per heavy atom. The summed E-state index contributed by atoms with van der Waals surface area (Å²) in [4.78, 5) is 16.6. The van der Waals surface area contributed by atoms with Crippen molar-refractivity contribution in [1.82, 2.24) is 15.6 Å². The van der Waals surface area contributed by atoms with Crippen LogP contribution in [0.25, 0.3) is 0 Å². The largest absolute Gasteiger partial charge is 0.438 e. The summed E-state index contributed by atoms with van der Waals surface area (Å²) in [5.74, 6) is 1.46. The van der Waals surface area contributed by atoms with E-state index in [2.05, 4.69) is 31.5 Å².